The molecule has 5 heteroatoms. The molecule has 2 aliphatic heterocycles. The molecular weight excluding hydrogens is 329 g/mol. The van der Waals surface area contributed by atoms with E-state index in [9.17, 15) is 9.18 Å². The van der Waals surface area contributed by atoms with Gasteiger partial charge in [-0.3, -0.25) is 9.69 Å². The first-order chi connectivity index (χ1) is 12.6. The molecule has 1 N–H and O–H groups in total. The Labute approximate surface area is 154 Å². The minimum absolute atomic E-state index is 0.0941. The minimum Gasteiger partial charge on any atom is -0.342 e. The lowest BCUT2D eigenvalue weighted by atomic mass is 9.65. The Morgan fingerprint density at radius 2 is 2.19 bits per heavy atom. The maximum Gasteiger partial charge on any atom is 0.273 e. The smallest absolute Gasteiger partial charge is 0.273 e. The van der Waals surface area contributed by atoms with Gasteiger partial charge < -0.3 is 5.32 Å². The molecule has 4 aliphatic rings. The quantitative estimate of drug-likeness (QED) is 0.899. The van der Waals surface area contributed by atoms with Crippen molar-refractivity contribution >= 4 is 5.91 Å². The number of pyridine rings is 1. The summed E-state index contributed by atoms with van der Waals surface area (Å²) in [7, 11) is 2.17. The average molecular weight is 355 g/mol. The second kappa shape index (κ2) is 6.95. The Hall–Kier alpha value is -2.01. The molecule has 0 radical (unpaired) electrons. The number of amides is 1. The van der Waals surface area contributed by atoms with Gasteiger partial charge in [0.15, 0.2) is 11.5 Å². The summed E-state index contributed by atoms with van der Waals surface area (Å²) in [6.45, 7) is 1.07. The molecule has 1 unspecified atom stereocenters. The fraction of sp³-hybridized carbons (Fsp3) is 0.524. The van der Waals surface area contributed by atoms with Crippen molar-refractivity contribution in [3.63, 3.8) is 0 Å². The number of hydrogen-bond acceptors (Lipinski definition) is 3. The van der Waals surface area contributed by atoms with E-state index in [1.807, 2.05) is 0 Å². The highest BCUT2D eigenvalue weighted by Crippen LogP contribution is 2.46. The van der Waals surface area contributed by atoms with Gasteiger partial charge in [-0.15, -0.1) is 0 Å². The molecule has 4 nitrogen and oxygen atoms in total. The monoisotopic (exact) mass is 355 g/mol. The second-order valence-corrected chi connectivity index (χ2v) is 7.85. The van der Waals surface area contributed by atoms with E-state index in [1.54, 1.807) is 0 Å². The topological polar surface area (TPSA) is 45.2 Å². The predicted octanol–water partition coefficient (Wildman–Crippen LogP) is 3.47. The van der Waals surface area contributed by atoms with Crippen LogP contribution in [0.25, 0.3) is 0 Å². The number of aromatic nitrogens is 1. The third-order valence-electron chi connectivity index (χ3n) is 6.41. The normalized spacial score (nSPS) is 29.3. The highest BCUT2D eigenvalue weighted by atomic mass is 19.1. The molecule has 1 saturated carbocycles. The van der Waals surface area contributed by atoms with Crippen LogP contribution in [0.1, 0.15) is 49.0 Å². The molecule has 1 aromatic heterocycles. The lowest BCUT2D eigenvalue weighted by Crippen LogP contribution is -2.67. The van der Waals surface area contributed by atoms with Gasteiger partial charge in [0, 0.05) is 18.3 Å². The number of likely N-dealkylation sites (N-methyl/N-ethyl adjacent to an activating group) is 1. The molecule has 138 valence electrons. The van der Waals surface area contributed by atoms with Crippen LogP contribution in [0, 0.1) is 11.7 Å². The Balaban J connectivity index is 1.68. The summed E-state index contributed by atoms with van der Waals surface area (Å²) < 4.78 is 14.1. The summed E-state index contributed by atoms with van der Waals surface area (Å²) >= 11 is 0. The molecule has 0 spiro atoms. The van der Waals surface area contributed by atoms with Crippen LogP contribution in [0.4, 0.5) is 4.39 Å². The number of nitrogens with zero attached hydrogens (tertiary/aromatic N) is 2. The van der Waals surface area contributed by atoms with Crippen molar-refractivity contribution in [2.24, 2.45) is 5.92 Å². The van der Waals surface area contributed by atoms with E-state index >= 15 is 0 Å². The number of allylic oxidation sites excluding steroid dienone is 2. The van der Waals surface area contributed by atoms with E-state index in [2.05, 4.69) is 40.5 Å². The van der Waals surface area contributed by atoms with Gasteiger partial charge in [0.05, 0.1) is 6.04 Å². The third kappa shape index (κ3) is 2.98. The summed E-state index contributed by atoms with van der Waals surface area (Å²) in [5.74, 6) is -0.235. The van der Waals surface area contributed by atoms with Crippen molar-refractivity contribution in [3.05, 3.63) is 53.6 Å². The fourth-order valence-electron chi connectivity index (χ4n) is 4.95. The van der Waals surface area contributed by atoms with Crippen LogP contribution >= 0.6 is 0 Å². The van der Waals surface area contributed by atoms with E-state index < -0.39 is 11.7 Å². The van der Waals surface area contributed by atoms with Crippen LogP contribution in [-0.4, -0.2) is 41.0 Å². The Morgan fingerprint density at radius 3 is 2.85 bits per heavy atom. The van der Waals surface area contributed by atoms with Gasteiger partial charge in [-0.05, 0) is 69.2 Å². The highest BCUT2D eigenvalue weighted by Gasteiger charge is 2.50. The van der Waals surface area contributed by atoms with Crippen LogP contribution in [0.2, 0.25) is 0 Å². The molecule has 0 aromatic carbocycles. The van der Waals surface area contributed by atoms with Crippen molar-refractivity contribution in [2.45, 2.75) is 50.1 Å². The number of piperidine rings is 2. The predicted molar refractivity (Wildman–Crippen MR) is 99.2 cm³/mol. The van der Waals surface area contributed by atoms with Crippen molar-refractivity contribution in [3.8, 4) is 0 Å². The largest absolute Gasteiger partial charge is 0.342 e. The third-order valence-corrected chi connectivity index (χ3v) is 6.41. The van der Waals surface area contributed by atoms with Crippen LogP contribution < -0.4 is 5.32 Å². The van der Waals surface area contributed by atoms with Crippen molar-refractivity contribution in [2.75, 3.05) is 13.6 Å². The molecular formula is C21H26FN3O. The molecule has 2 aliphatic carbocycles. The van der Waals surface area contributed by atoms with Crippen molar-refractivity contribution in [1.82, 2.24) is 15.2 Å². The van der Waals surface area contributed by atoms with Crippen molar-refractivity contribution in [1.29, 1.82) is 0 Å². The average Bonchev–Trinajstić information content (AvgIpc) is 2.68. The van der Waals surface area contributed by atoms with Gasteiger partial charge in [-0.25, -0.2) is 9.37 Å². The minimum atomic E-state index is -0.574. The first kappa shape index (κ1) is 17.4. The fourth-order valence-corrected chi connectivity index (χ4v) is 4.95. The Bertz CT molecular complexity index is 749. The molecule has 1 aromatic rings. The number of carbonyl (C=O) groups excluding carboxylic acids is 1. The van der Waals surface area contributed by atoms with Crippen LogP contribution in [0.5, 0.6) is 0 Å². The van der Waals surface area contributed by atoms with E-state index in [4.69, 9.17) is 0 Å². The van der Waals surface area contributed by atoms with Crippen LogP contribution in [0.15, 0.2) is 42.1 Å². The zero-order valence-corrected chi connectivity index (χ0v) is 15.2. The van der Waals surface area contributed by atoms with E-state index in [0.29, 0.717) is 0 Å². The first-order valence-electron chi connectivity index (χ1n) is 9.59. The summed E-state index contributed by atoms with van der Waals surface area (Å²) in [4.78, 5) is 19.2. The number of nitrogens with one attached hydrogen (secondary N) is 1. The number of halogens is 1. The molecule has 3 heterocycles. The van der Waals surface area contributed by atoms with Gasteiger partial charge in [-0.1, -0.05) is 18.2 Å². The summed E-state index contributed by atoms with van der Waals surface area (Å²) in [6, 6.07) is 2.65. The van der Waals surface area contributed by atoms with Crippen LogP contribution in [-0.2, 0) is 0 Å². The van der Waals surface area contributed by atoms with E-state index in [-0.39, 0.29) is 17.3 Å². The lowest BCUT2D eigenvalue weighted by Gasteiger charge is -2.57. The van der Waals surface area contributed by atoms with Crippen molar-refractivity contribution < 1.29 is 9.18 Å². The zero-order valence-electron chi connectivity index (χ0n) is 15.2. The SMILES string of the molecule is CN1CC2CCC1(C(NC(=O)c1ncccc1F)C1=CCCC=C1)CC2. The second-order valence-electron chi connectivity index (χ2n) is 7.85. The highest BCUT2D eigenvalue weighted by molar-refractivity contribution is 5.93. The molecule has 3 fully saturated rings. The Morgan fingerprint density at radius 1 is 1.38 bits per heavy atom. The molecule has 1 atom stereocenters. The first-order valence-corrected chi connectivity index (χ1v) is 9.59. The van der Waals surface area contributed by atoms with Gasteiger partial charge in [0.25, 0.3) is 5.91 Å². The van der Waals surface area contributed by atoms with Gasteiger partial charge >= 0.3 is 0 Å². The van der Waals surface area contributed by atoms with Gasteiger partial charge in [-0.2, -0.15) is 0 Å². The molecule has 26 heavy (non-hydrogen) atoms. The van der Waals surface area contributed by atoms with E-state index in [1.165, 1.54) is 31.2 Å². The molecule has 1 amide bonds. The van der Waals surface area contributed by atoms with Gasteiger partial charge in [0.2, 0.25) is 0 Å². The van der Waals surface area contributed by atoms with E-state index in [0.717, 1.165) is 43.7 Å². The maximum atomic E-state index is 14.1. The number of fused-ring (bicyclic) bond motifs is 3. The van der Waals surface area contributed by atoms with Gasteiger partial charge in [0.1, 0.15) is 0 Å². The standard InChI is InChI=1S/C21H26FN3O/c1-25-14-15-9-11-21(25,12-10-15)19(16-6-3-2-4-7-16)24-20(26)18-17(22)8-5-13-23-18/h3,5-8,13,15,19H,2,4,9-12,14H2,1H3,(H,24,26). The summed E-state index contributed by atoms with van der Waals surface area (Å²) in [5, 5.41) is 3.16. The molecule has 5 rings (SSSR count). The molecule has 2 bridgehead atoms. The lowest BCUT2D eigenvalue weighted by molar-refractivity contribution is -0.0312. The number of rotatable bonds is 4. The maximum absolute atomic E-state index is 14.1. The zero-order chi connectivity index (χ0) is 18.1. The number of carbonyl (C=O) groups is 1. The summed E-state index contributed by atoms with van der Waals surface area (Å²) in [6.07, 6.45) is 14.5. The van der Waals surface area contributed by atoms with Crippen LogP contribution in [0.3, 0.4) is 0 Å². The Kier molecular flexibility index (Phi) is 4.65. The summed E-state index contributed by atoms with van der Waals surface area (Å²) in [5.41, 5.74) is 0.929. The molecule has 2 saturated heterocycles. The number of hydrogen-bond donors (Lipinski definition) is 1.